The number of aliphatic hydroxyl groups excluding tert-OH is 1. The Kier molecular flexibility index (Phi) is 7.28. The molecular formula is C28H30O6S2. The van der Waals surface area contributed by atoms with E-state index in [-0.39, 0.29) is 18.5 Å². The average Bonchev–Trinajstić information content (AvgIpc) is 3.33. The van der Waals surface area contributed by atoms with Gasteiger partial charge in [0.2, 0.25) is 5.75 Å². The fourth-order valence-corrected chi connectivity index (χ4v) is 8.90. The van der Waals surface area contributed by atoms with Crippen LogP contribution >= 0.6 is 23.5 Å². The first-order valence-corrected chi connectivity index (χ1v) is 13.9. The van der Waals surface area contributed by atoms with Gasteiger partial charge in [0.25, 0.3) is 0 Å². The Morgan fingerprint density at radius 3 is 2.25 bits per heavy atom. The van der Waals surface area contributed by atoms with Crippen molar-refractivity contribution in [2.75, 3.05) is 39.4 Å². The Labute approximate surface area is 219 Å². The minimum atomic E-state index is -1.10. The Hall–Kier alpha value is -2.55. The van der Waals surface area contributed by atoms with Crippen LogP contribution < -0.4 is 14.2 Å². The fourth-order valence-electron chi connectivity index (χ4n) is 5.26. The summed E-state index contributed by atoms with van der Waals surface area (Å²) in [7, 11) is 4.60. The molecule has 0 spiro atoms. The van der Waals surface area contributed by atoms with E-state index >= 15 is 0 Å². The van der Waals surface area contributed by atoms with E-state index in [9.17, 15) is 9.90 Å². The molecule has 0 aliphatic carbocycles. The van der Waals surface area contributed by atoms with E-state index in [1.165, 1.54) is 26.7 Å². The molecule has 0 saturated carbocycles. The zero-order chi connectivity index (χ0) is 25.3. The van der Waals surface area contributed by atoms with Crippen LogP contribution in [0.4, 0.5) is 0 Å². The summed E-state index contributed by atoms with van der Waals surface area (Å²) in [5, 5.41) is 14.0. The molecule has 0 radical (unpaired) electrons. The molecule has 2 saturated heterocycles. The Morgan fingerprint density at radius 1 is 0.944 bits per heavy atom. The van der Waals surface area contributed by atoms with Crippen LogP contribution in [0.5, 0.6) is 17.2 Å². The maximum atomic E-state index is 13.2. The van der Waals surface area contributed by atoms with E-state index in [4.69, 9.17) is 18.9 Å². The molecular weight excluding hydrogens is 496 g/mol. The van der Waals surface area contributed by atoms with E-state index in [2.05, 4.69) is 30.3 Å². The van der Waals surface area contributed by atoms with Crippen molar-refractivity contribution < 1.29 is 28.8 Å². The van der Waals surface area contributed by atoms with Gasteiger partial charge in [0.1, 0.15) is 0 Å². The second kappa shape index (κ2) is 10.4. The Balaban J connectivity index is 1.58. The van der Waals surface area contributed by atoms with Crippen LogP contribution in [0.15, 0.2) is 54.6 Å². The van der Waals surface area contributed by atoms with Crippen molar-refractivity contribution in [2.24, 2.45) is 11.8 Å². The third kappa shape index (κ3) is 4.29. The summed E-state index contributed by atoms with van der Waals surface area (Å²) in [6.45, 7) is 0.262. The number of benzene rings is 3. The second-order valence-electron chi connectivity index (χ2n) is 8.95. The molecule has 2 fully saturated rings. The average molecular weight is 527 g/mol. The minimum absolute atomic E-state index is 0.226. The quantitative estimate of drug-likeness (QED) is 0.410. The lowest BCUT2D eigenvalue weighted by Crippen LogP contribution is -2.39. The molecule has 2 unspecified atom stereocenters. The first-order valence-electron chi connectivity index (χ1n) is 11.9. The highest BCUT2D eigenvalue weighted by atomic mass is 32.2. The molecule has 2 aliphatic heterocycles. The van der Waals surface area contributed by atoms with E-state index in [1.807, 2.05) is 35.7 Å². The standard InChI is InChI=1S/C28H30O6S2/c1-31-22-14-19(15-23(32-2)26(22)33-3)25(29)24-21(16-34-27(24)30)28(35-11-6-12-36-28)20-10-9-17-7-4-5-8-18(17)13-20/h4-5,7-10,13-15,21,24-25,29H,6,11-12,16H2,1-3H3/t21?,24-,25?/m0/s1. The number of fused-ring (bicyclic) bond motifs is 1. The predicted octanol–water partition coefficient (Wildman–Crippen LogP) is 5.41. The number of ether oxygens (including phenoxy) is 4. The number of thioether (sulfide) groups is 2. The van der Waals surface area contributed by atoms with Crippen LogP contribution in [0.3, 0.4) is 0 Å². The van der Waals surface area contributed by atoms with E-state index in [0.717, 1.165) is 28.9 Å². The number of cyclic esters (lactones) is 1. The number of esters is 1. The Morgan fingerprint density at radius 2 is 1.61 bits per heavy atom. The van der Waals surface area contributed by atoms with Gasteiger partial charge in [0, 0.05) is 5.92 Å². The smallest absolute Gasteiger partial charge is 0.312 e. The summed E-state index contributed by atoms with van der Waals surface area (Å²) in [6, 6.07) is 18.2. The first-order chi connectivity index (χ1) is 17.5. The van der Waals surface area contributed by atoms with Crippen molar-refractivity contribution in [3.63, 3.8) is 0 Å². The summed E-state index contributed by atoms with van der Waals surface area (Å²) in [5.74, 6) is 1.92. The van der Waals surface area contributed by atoms with Crippen LogP contribution in [0.25, 0.3) is 10.8 Å². The number of hydrogen-bond donors (Lipinski definition) is 1. The lowest BCUT2D eigenvalue weighted by Gasteiger charge is -2.43. The van der Waals surface area contributed by atoms with Crippen LogP contribution in [0.1, 0.15) is 23.7 Å². The van der Waals surface area contributed by atoms with Crippen LogP contribution in [0, 0.1) is 11.8 Å². The molecule has 3 aromatic carbocycles. The molecule has 2 heterocycles. The molecule has 3 atom stereocenters. The zero-order valence-corrected chi connectivity index (χ0v) is 22.2. The molecule has 0 amide bonds. The van der Waals surface area contributed by atoms with E-state index < -0.39 is 16.1 Å². The van der Waals surface area contributed by atoms with Gasteiger partial charge in [0.05, 0.1) is 44.0 Å². The highest BCUT2D eigenvalue weighted by Crippen LogP contribution is 2.60. The lowest BCUT2D eigenvalue weighted by atomic mass is 9.81. The highest BCUT2D eigenvalue weighted by molar-refractivity contribution is 8.18. The van der Waals surface area contributed by atoms with Gasteiger partial charge >= 0.3 is 5.97 Å². The van der Waals surface area contributed by atoms with Crippen molar-refractivity contribution in [1.29, 1.82) is 0 Å². The summed E-state index contributed by atoms with van der Waals surface area (Å²) < 4.78 is 21.7. The van der Waals surface area contributed by atoms with Crippen molar-refractivity contribution in [3.8, 4) is 17.2 Å². The highest BCUT2D eigenvalue weighted by Gasteiger charge is 2.55. The normalized spacial score (nSPS) is 22.2. The van der Waals surface area contributed by atoms with E-state index in [0.29, 0.717) is 22.8 Å². The monoisotopic (exact) mass is 526 g/mol. The maximum Gasteiger partial charge on any atom is 0.312 e. The third-order valence-electron chi connectivity index (χ3n) is 7.04. The van der Waals surface area contributed by atoms with E-state index in [1.54, 1.807) is 12.1 Å². The van der Waals surface area contributed by atoms with Crippen molar-refractivity contribution in [3.05, 3.63) is 65.7 Å². The summed E-state index contributed by atoms with van der Waals surface area (Å²) in [5.41, 5.74) is 1.68. The number of rotatable bonds is 7. The summed E-state index contributed by atoms with van der Waals surface area (Å²) in [4.78, 5) is 13.2. The van der Waals surface area contributed by atoms with Gasteiger partial charge in [-0.3, -0.25) is 4.79 Å². The molecule has 8 heteroatoms. The zero-order valence-electron chi connectivity index (χ0n) is 20.6. The van der Waals surface area contributed by atoms with Gasteiger partial charge in [-0.2, -0.15) is 0 Å². The number of methoxy groups -OCH3 is 3. The molecule has 1 N–H and O–H groups in total. The number of carbonyl (C=O) groups is 1. The minimum Gasteiger partial charge on any atom is -0.493 e. The Bertz CT molecular complexity index is 1230. The second-order valence-corrected chi connectivity index (χ2v) is 11.9. The summed E-state index contributed by atoms with van der Waals surface area (Å²) in [6.07, 6.45) is 0.00546. The molecule has 36 heavy (non-hydrogen) atoms. The molecule has 0 aromatic heterocycles. The fraction of sp³-hybridized carbons (Fsp3) is 0.393. The molecule has 5 rings (SSSR count). The third-order valence-corrected chi connectivity index (χ3v) is 10.7. The largest absolute Gasteiger partial charge is 0.493 e. The predicted molar refractivity (Wildman–Crippen MR) is 144 cm³/mol. The number of aliphatic hydroxyl groups is 1. The lowest BCUT2D eigenvalue weighted by molar-refractivity contribution is -0.144. The van der Waals surface area contributed by atoms with Crippen LogP contribution in [0.2, 0.25) is 0 Å². The maximum absolute atomic E-state index is 13.2. The van der Waals surface area contributed by atoms with Crippen molar-refractivity contribution in [1.82, 2.24) is 0 Å². The number of carbonyl (C=O) groups excluding carboxylic acids is 1. The van der Waals surface area contributed by atoms with Crippen molar-refractivity contribution in [2.45, 2.75) is 16.6 Å². The summed E-state index contributed by atoms with van der Waals surface area (Å²) >= 11 is 3.72. The first kappa shape index (κ1) is 25.1. The SMILES string of the molecule is COc1cc(C(O)[C@H]2C(=O)OCC2C2(c3ccc4ccccc4c3)SCCCS2)cc(OC)c1OC. The van der Waals surface area contributed by atoms with Gasteiger partial charge in [-0.15, -0.1) is 23.5 Å². The van der Waals surface area contributed by atoms with Crippen molar-refractivity contribution >= 4 is 40.3 Å². The molecule has 0 bridgehead atoms. The van der Waals surface area contributed by atoms with Crippen LogP contribution in [-0.4, -0.2) is 50.5 Å². The van der Waals surface area contributed by atoms with Gasteiger partial charge in [-0.05, 0) is 58.0 Å². The molecule has 3 aromatic rings. The molecule has 190 valence electrons. The van der Waals surface area contributed by atoms with Gasteiger partial charge < -0.3 is 24.1 Å². The molecule has 2 aliphatic rings. The van der Waals surface area contributed by atoms with Crippen LogP contribution in [-0.2, 0) is 13.6 Å². The van der Waals surface area contributed by atoms with Gasteiger partial charge in [-0.25, -0.2) is 0 Å². The van der Waals surface area contributed by atoms with Gasteiger partial charge in [-0.1, -0.05) is 36.4 Å². The number of hydrogen-bond acceptors (Lipinski definition) is 8. The molecule has 6 nitrogen and oxygen atoms in total. The topological polar surface area (TPSA) is 74.2 Å². The van der Waals surface area contributed by atoms with Gasteiger partial charge in [0.15, 0.2) is 11.5 Å².